The van der Waals surface area contributed by atoms with Gasteiger partial charge in [0.05, 0.1) is 11.4 Å². The van der Waals surface area contributed by atoms with E-state index in [0.717, 1.165) is 51.1 Å². The van der Waals surface area contributed by atoms with Gasteiger partial charge in [-0.05, 0) is 50.6 Å². The second-order valence-electron chi connectivity index (χ2n) is 8.41. The maximum Gasteiger partial charge on any atom is 0.253 e. The normalized spacial score (nSPS) is 18.0. The number of carbonyl (C=O) groups excluding carboxylic acids is 3. The van der Waals surface area contributed by atoms with Crippen LogP contribution in [0.15, 0.2) is 18.2 Å². The number of benzene rings is 1. The molecule has 1 saturated heterocycles. The maximum absolute atomic E-state index is 13.3. The zero-order valence-electron chi connectivity index (χ0n) is 19.2. The van der Waals surface area contributed by atoms with Crippen LogP contribution in [-0.4, -0.2) is 86.9 Å². The van der Waals surface area contributed by atoms with E-state index in [1.165, 1.54) is 4.90 Å². The lowest BCUT2D eigenvalue weighted by molar-refractivity contribution is -0.125. The van der Waals surface area contributed by atoms with Gasteiger partial charge in [0, 0.05) is 39.3 Å². The Hall–Kier alpha value is -2.61. The van der Waals surface area contributed by atoms with Crippen molar-refractivity contribution in [2.24, 2.45) is 0 Å². The monoisotopic (exact) mass is 429 g/mol. The molecule has 1 unspecified atom stereocenters. The van der Waals surface area contributed by atoms with E-state index in [2.05, 4.69) is 29.0 Å². The molecule has 1 aromatic carbocycles. The Morgan fingerprint density at radius 2 is 1.87 bits per heavy atom. The van der Waals surface area contributed by atoms with Crippen LogP contribution >= 0.6 is 0 Å². The molecule has 0 bridgehead atoms. The van der Waals surface area contributed by atoms with Crippen molar-refractivity contribution in [1.82, 2.24) is 15.1 Å². The topological polar surface area (TPSA) is 76.2 Å². The Balaban J connectivity index is 1.83. The molecule has 0 spiro atoms. The molecule has 1 fully saturated rings. The Bertz CT molecular complexity index is 821. The molecular weight excluding hydrogens is 394 g/mol. The molecule has 1 atom stereocenters. The zero-order valence-corrected chi connectivity index (χ0v) is 19.2. The first kappa shape index (κ1) is 23.1. The second kappa shape index (κ2) is 10.1. The van der Waals surface area contributed by atoms with E-state index in [4.69, 9.17) is 0 Å². The summed E-state index contributed by atoms with van der Waals surface area (Å²) in [6.07, 6.45) is 2.83. The molecule has 8 nitrogen and oxygen atoms in total. The van der Waals surface area contributed by atoms with Crippen LogP contribution in [-0.2, 0) is 9.59 Å². The minimum Gasteiger partial charge on any atom is -0.358 e. The van der Waals surface area contributed by atoms with E-state index >= 15 is 0 Å². The van der Waals surface area contributed by atoms with Gasteiger partial charge in [0.1, 0.15) is 12.6 Å². The molecule has 0 radical (unpaired) electrons. The number of piperidine rings is 1. The lowest BCUT2D eigenvalue weighted by atomic mass is 9.95. The largest absolute Gasteiger partial charge is 0.358 e. The van der Waals surface area contributed by atoms with Crippen LogP contribution in [0.1, 0.15) is 43.5 Å². The molecule has 2 aliphatic heterocycles. The van der Waals surface area contributed by atoms with Crippen molar-refractivity contribution in [3.8, 4) is 0 Å². The number of amides is 3. The fourth-order valence-corrected chi connectivity index (χ4v) is 4.40. The highest BCUT2D eigenvalue weighted by molar-refractivity contribution is 6.09. The van der Waals surface area contributed by atoms with Crippen LogP contribution < -0.4 is 15.1 Å². The maximum atomic E-state index is 13.3. The first-order chi connectivity index (χ1) is 14.9. The van der Waals surface area contributed by atoms with Crippen LogP contribution in [0, 0.1) is 0 Å². The van der Waals surface area contributed by atoms with E-state index in [1.807, 2.05) is 12.1 Å². The summed E-state index contributed by atoms with van der Waals surface area (Å²) in [5.41, 5.74) is 2.09. The Kier molecular flexibility index (Phi) is 7.54. The number of rotatable bonds is 8. The minimum absolute atomic E-state index is 0.0337. The van der Waals surface area contributed by atoms with E-state index in [1.54, 1.807) is 25.1 Å². The summed E-state index contributed by atoms with van der Waals surface area (Å²) in [5.74, 6) is -0.361. The van der Waals surface area contributed by atoms with E-state index in [0.29, 0.717) is 17.8 Å². The van der Waals surface area contributed by atoms with Crippen LogP contribution in [0.5, 0.6) is 0 Å². The summed E-state index contributed by atoms with van der Waals surface area (Å²) < 4.78 is 0. The number of anilines is 2. The van der Waals surface area contributed by atoms with E-state index in [-0.39, 0.29) is 30.3 Å². The fourth-order valence-electron chi connectivity index (χ4n) is 4.40. The Morgan fingerprint density at radius 1 is 1.13 bits per heavy atom. The number of hydrogen-bond acceptors (Lipinski definition) is 5. The second-order valence-corrected chi connectivity index (χ2v) is 8.41. The van der Waals surface area contributed by atoms with Crippen molar-refractivity contribution in [2.45, 2.75) is 39.2 Å². The van der Waals surface area contributed by atoms with Crippen LogP contribution in [0.2, 0.25) is 0 Å². The van der Waals surface area contributed by atoms with Crippen LogP contribution in [0.3, 0.4) is 0 Å². The van der Waals surface area contributed by atoms with E-state index in [9.17, 15) is 14.4 Å². The number of hydrogen-bond donors (Lipinski definition) is 1. The van der Waals surface area contributed by atoms with Gasteiger partial charge >= 0.3 is 0 Å². The van der Waals surface area contributed by atoms with Gasteiger partial charge in [0.15, 0.2) is 0 Å². The quantitative estimate of drug-likeness (QED) is 0.679. The molecule has 1 aromatic rings. The number of fused-ring (bicyclic) bond motifs is 3. The number of nitrogens with zero attached hydrogens (tertiary/aromatic N) is 4. The molecular formula is C23H35N5O3. The van der Waals surface area contributed by atoms with Gasteiger partial charge in [-0.25, -0.2) is 0 Å². The molecule has 0 saturated carbocycles. The molecule has 0 aliphatic carbocycles. The van der Waals surface area contributed by atoms with Crippen molar-refractivity contribution in [2.75, 3.05) is 63.2 Å². The highest BCUT2D eigenvalue weighted by atomic mass is 16.2. The van der Waals surface area contributed by atoms with Crippen LogP contribution in [0.4, 0.5) is 11.4 Å². The predicted molar refractivity (Wildman–Crippen MR) is 123 cm³/mol. The van der Waals surface area contributed by atoms with E-state index < -0.39 is 0 Å². The van der Waals surface area contributed by atoms with Gasteiger partial charge in [-0.15, -0.1) is 0 Å². The van der Waals surface area contributed by atoms with Crippen molar-refractivity contribution in [3.63, 3.8) is 0 Å². The first-order valence-corrected chi connectivity index (χ1v) is 11.3. The number of nitrogens with one attached hydrogen (secondary N) is 1. The molecule has 2 heterocycles. The molecule has 3 amide bonds. The average molecular weight is 430 g/mol. The minimum atomic E-state index is -0.236. The highest BCUT2D eigenvalue weighted by Gasteiger charge is 2.40. The third-order valence-electron chi connectivity index (χ3n) is 6.23. The lowest BCUT2D eigenvalue weighted by Crippen LogP contribution is -2.57. The third kappa shape index (κ3) is 5.01. The fraction of sp³-hybridized carbons (Fsp3) is 0.609. The Morgan fingerprint density at radius 3 is 2.55 bits per heavy atom. The predicted octanol–water partition coefficient (Wildman–Crippen LogP) is 1.55. The Labute approximate surface area is 185 Å². The van der Waals surface area contributed by atoms with Crippen LogP contribution in [0.25, 0.3) is 0 Å². The highest BCUT2D eigenvalue weighted by Crippen LogP contribution is 2.40. The van der Waals surface area contributed by atoms with Gasteiger partial charge in [-0.2, -0.15) is 0 Å². The lowest BCUT2D eigenvalue weighted by Gasteiger charge is -2.45. The SMILES string of the molecule is CCN(CC)CCNC(=O)CN1C(=O)C2CCCCN2c2ccc(C(=O)N(C)C)cc21. The summed E-state index contributed by atoms with van der Waals surface area (Å²) >= 11 is 0. The summed E-state index contributed by atoms with van der Waals surface area (Å²) in [7, 11) is 3.41. The zero-order chi connectivity index (χ0) is 22.5. The van der Waals surface area contributed by atoms with Crippen molar-refractivity contribution >= 4 is 29.1 Å². The number of likely N-dealkylation sites (N-methyl/N-ethyl adjacent to an activating group) is 1. The molecule has 2 aliphatic rings. The van der Waals surface area contributed by atoms with Crippen molar-refractivity contribution in [1.29, 1.82) is 0 Å². The van der Waals surface area contributed by atoms with Gasteiger partial charge in [-0.1, -0.05) is 13.8 Å². The standard InChI is InChI=1S/C23H35N5O3/c1-5-26(6-2)14-12-24-21(29)16-28-20-15-17(22(30)25(3)4)10-11-18(20)27-13-8-7-9-19(27)23(28)31/h10-11,15,19H,5-9,12-14,16H2,1-4H3,(H,24,29). The van der Waals surface area contributed by atoms with Crippen molar-refractivity contribution < 1.29 is 14.4 Å². The molecule has 31 heavy (non-hydrogen) atoms. The summed E-state index contributed by atoms with van der Waals surface area (Å²) in [4.78, 5) is 46.0. The first-order valence-electron chi connectivity index (χ1n) is 11.3. The smallest absolute Gasteiger partial charge is 0.253 e. The molecule has 3 rings (SSSR count). The average Bonchev–Trinajstić information content (AvgIpc) is 2.78. The van der Waals surface area contributed by atoms with Gasteiger partial charge < -0.3 is 20.0 Å². The van der Waals surface area contributed by atoms with Gasteiger partial charge in [0.2, 0.25) is 11.8 Å². The number of carbonyl (C=O) groups is 3. The van der Waals surface area contributed by atoms with Gasteiger partial charge in [0.25, 0.3) is 5.91 Å². The summed E-state index contributed by atoms with van der Waals surface area (Å²) in [6.45, 7) is 8.16. The van der Waals surface area contributed by atoms with Gasteiger partial charge in [-0.3, -0.25) is 19.3 Å². The summed E-state index contributed by atoms with van der Waals surface area (Å²) in [5, 5.41) is 2.94. The van der Waals surface area contributed by atoms with Crippen molar-refractivity contribution in [3.05, 3.63) is 23.8 Å². The summed E-state index contributed by atoms with van der Waals surface area (Å²) in [6, 6.07) is 5.25. The molecule has 0 aromatic heterocycles. The molecule has 1 N–H and O–H groups in total. The third-order valence-corrected chi connectivity index (χ3v) is 6.23. The molecule has 8 heteroatoms. The molecule has 170 valence electrons.